The maximum absolute atomic E-state index is 13.5. The Kier molecular flexibility index (Phi) is 3.74. The van der Waals surface area contributed by atoms with Gasteiger partial charge < -0.3 is 4.57 Å². The number of nitrogens with zero attached hydrogens (tertiary/aromatic N) is 2. The van der Waals surface area contributed by atoms with Crippen molar-refractivity contribution in [3.63, 3.8) is 0 Å². The maximum atomic E-state index is 13.5. The first-order chi connectivity index (χ1) is 8.65. The fraction of sp³-hybridized carbons (Fsp3) is 0.308. The molecule has 0 spiro atoms. The Morgan fingerprint density at radius 3 is 2.83 bits per heavy atom. The second kappa shape index (κ2) is 5.29. The number of hydrazine groups is 1. The van der Waals surface area contributed by atoms with E-state index in [1.165, 1.54) is 12.1 Å². The summed E-state index contributed by atoms with van der Waals surface area (Å²) in [6.07, 6.45) is 3.60. The summed E-state index contributed by atoms with van der Waals surface area (Å²) in [7, 11) is 0. The number of aromatic nitrogens is 2. The van der Waals surface area contributed by atoms with Gasteiger partial charge in [-0.25, -0.2) is 14.8 Å². The predicted molar refractivity (Wildman–Crippen MR) is 68.2 cm³/mol. The molecule has 0 aliphatic rings. The quantitative estimate of drug-likeness (QED) is 0.642. The summed E-state index contributed by atoms with van der Waals surface area (Å²) < 4.78 is 15.4. The molecule has 3 N–H and O–H groups in total. The zero-order valence-corrected chi connectivity index (χ0v) is 10.5. The van der Waals surface area contributed by atoms with E-state index in [1.54, 1.807) is 6.20 Å². The molecule has 1 aromatic carbocycles. The van der Waals surface area contributed by atoms with E-state index < -0.39 is 0 Å². The molecule has 0 fully saturated rings. The average molecular weight is 248 g/mol. The van der Waals surface area contributed by atoms with Gasteiger partial charge in [0.05, 0.1) is 0 Å². The van der Waals surface area contributed by atoms with Crippen LogP contribution in [0.5, 0.6) is 0 Å². The summed E-state index contributed by atoms with van der Waals surface area (Å²) in [5.74, 6) is 6.11. The van der Waals surface area contributed by atoms with E-state index in [1.807, 2.05) is 30.7 Å². The van der Waals surface area contributed by atoms with Crippen LogP contribution < -0.4 is 11.3 Å². The van der Waals surface area contributed by atoms with Gasteiger partial charge in [0.2, 0.25) is 0 Å². The van der Waals surface area contributed by atoms with E-state index in [2.05, 4.69) is 10.4 Å². The number of nitrogens with two attached hydrogens (primary N) is 1. The van der Waals surface area contributed by atoms with Gasteiger partial charge in [-0.05, 0) is 37.1 Å². The highest BCUT2D eigenvalue weighted by Crippen LogP contribution is 2.22. The monoisotopic (exact) mass is 248 g/mol. The van der Waals surface area contributed by atoms with Crippen LogP contribution in [-0.2, 0) is 6.54 Å². The molecule has 5 heteroatoms. The van der Waals surface area contributed by atoms with Gasteiger partial charge in [-0.3, -0.25) is 5.84 Å². The molecule has 1 unspecified atom stereocenters. The molecule has 1 heterocycles. The van der Waals surface area contributed by atoms with Crippen LogP contribution in [0.4, 0.5) is 4.39 Å². The van der Waals surface area contributed by atoms with Crippen molar-refractivity contribution >= 4 is 0 Å². The first-order valence-corrected chi connectivity index (χ1v) is 5.90. The number of benzene rings is 1. The van der Waals surface area contributed by atoms with Crippen molar-refractivity contribution in [1.82, 2.24) is 15.0 Å². The molecule has 0 amide bonds. The van der Waals surface area contributed by atoms with E-state index in [0.29, 0.717) is 0 Å². The Morgan fingerprint density at radius 1 is 1.44 bits per heavy atom. The van der Waals surface area contributed by atoms with E-state index >= 15 is 0 Å². The van der Waals surface area contributed by atoms with E-state index in [0.717, 1.165) is 23.5 Å². The number of hydrogen-bond acceptors (Lipinski definition) is 3. The third-order valence-corrected chi connectivity index (χ3v) is 2.91. The Hall–Kier alpha value is -1.72. The standard InChI is InChI=1S/C13H17FN4/c1-3-18-5-4-16-13(18)12(17-15)10-6-9(2)7-11(14)8-10/h4-8,12,17H,3,15H2,1-2H3. The lowest BCUT2D eigenvalue weighted by Gasteiger charge is -2.17. The first kappa shape index (κ1) is 12.7. The Balaban J connectivity index is 2.45. The van der Waals surface area contributed by atoms with Gasteiger partial charge in [0.15, 0.2) is 0 Å². The second-order valence-electron chi connectivity index (χ2n) is 4.23. The highest BCUT2D eigenvalue weighted by Gasteiger charge is 2.18. The number of hydrogen-bond donors (Lipinski definition) is 2. The zero-order chi connectivity index (χ0) is 13.1. The molecule has 0 aliphatic heterocycles. The van der Waals surface area contributed by atoms with Crippen molar-refractivity contribution in [2.75, 3.05) is 0 Å². The molecule has 2 aromatic rings. The number of aryl methyl sites for hydroxylation is 2. The largest absolute Gasteiger partial charge is 0.334 e. The molecular formula is C13H17FN4. The lowest BCUT2D eigenvalue weighted by atomic mass is 10.0. The van der Waals surface area contributed by atoms with Crippen molar-refractivity contribution in [2.24, 2.45) is 5.84 Å². The summed E-state index contributed by atoms with van der Waals surface area (Å²) in [6.45, 7) is 4.67. The van der Waals surface area contributed by atoms with Crippen LogP contribution in [0, 0.1) is 12.7 Å². The van der Waals surface area contributed by atoms with Crippen molar-refractivity contribution in [1.29, 1.82) is 0 Å². The normalized spacial score (nSPS) is 12.7. The van der Waals surface area contributed by atoms with Gasteiger partial charge in [-0.1, -0.05) is 6.07 Å². The fourth-order valence-corrected chi connectivity index (χ4v) is 2.10. The third kappa shape index (κ3) is 2.42. The molecule has 0 radical (unpaired) electrons. The van der Waals surface area contributed by atoms with Crippen LogP contribution >= 0.6 is 0 Å². The minimum atomic E-state index is -0.311. The minimum Gasteiger partial charge on any atom is -0.334 e. The fourth-order valence-electron chi connectivity index (χ4n) is 2.10. The van der Waals surface area contributed by atoms with Gasteiger partial charge in [0, 0.05) is 18.9 Å². The molecule has 96 valence electrons. The number of rotatable bonds is 4. The third-order valence-electron chi connectivity index (χ3n) is 2.91. The van der Waals surface area contributed by atoms with Gasteiger partial charge in [-0.15, -0.1) is 0 Å². The molecule has 2 rings (SSSR count). The number of nitrogens with one attached hydrogen (secondary N) is 1. The predicted octanol–water partition coefficient (Wildman–Crippen LogP) is 1.90. The van der Waals surface area contributed by atoms with Crippen LogP contribution in [0.25, 0.3) is 0 Å². The number of imidazole rings is 1. The first-order valence-electron chi connectivity index (χ1n) is 5.90. The second-order valence-corrected chi connectivity index (χ2v) is 4.23. The summed E-state index contributed by atoms with van der Waals surface area (Å²) in [4.78, 5) is 4.29. The topological polar surface area (TPSA) is 55.9 Å². The van der Waals surface area contributed by atoms with E-state index in [9.17, 15) is 4.39 Å². The molecule has 1 atom stereocenters. The van der Waals surface area contributed by atoms with Crippen molar-refractivity contribution < 1.29 is 4.39 Å². The van der Waals surface area contributed by atoms with Crippen molar-refractivity contribution in [3.05, 3.63) is 53.4 Å². The summed E-state index contributed by atoms with van der Waals surface area (Å²) >= 11 is 0. The molecule has 18 heavy (non-hydrogen) atoms. The Bertz CT molecular complexity index is 515. The molecule has 4 nitrogen and oxygen atoms in total. The summed E-state index contributed by atoms with van der Waals surface area (Å²) in [5, 5.41) is 0. The molecule has 0 saturated heterocycles. The summed E-state index contributed by atoms with van der Waals surface area (Å²) in [5.41, 5.74) is 4.33. The van der Waals surface area contributed by atoms with E-state index in [-0.39, 0.29) is 11.9 Å². The van der Waals surface area contributed by atoms with E-state index in [4.69, 9.17) is 5.84 Å². The van der Waals surface area contributed by atoms with Crippen LogP contribution in [0.3, 0.4) is 0 Å². The lowest BCUT2D eigenvalue weighted by molar-refractivity contribution is 0.554. The molecule has 0 saturated carbocycles. The van der Waals surface area contributed by atoms with Gasteiger partial charge >= 0.3 is 0 Å². The number of halogens is 1. The van der Waals surface area contributed by atoms with Crippen LogP contribution in [0.15, 0.2) is 30.6 Å². The molecule has 0 bridgehead atoms. The SMILES string of the molecule is CCn1ccnc1C(NN)c1cc(C)cc(F)c1. The van der Waals surface area contributed by atoms with Gasteiger partial charge in [0.25, 0.3) is 0 Å². The molecular weight excluding hydrogens is 231 g/mol. The van der Waals surface area contributed by atoms with Crippen LogP contribution in [0.1, 0.15) is 29.9 Å². The smallest absolute Gasteiger partial charge is 0.131 e. The van der Waals surface area contributed by atoms with Gasteiger partial charge in [0.1, 0.15) is 17.7 Å². The highest BCUT2D eigenvalue weighted by atomic mass is 19.1. The molecule has 1 aromatic heterocycles. The average Bonchev–Trinajstić information content (AvgIpc) is 2.77. The zero-order valence-electron chi connectivity index (χ0n) is 10.5. The van der Waals surface area contributed by atoms with Gasteiger partial charge in [-0.2, -0.15) is 0 Å². The Morgan fingerprint density at radius 2 is 2.22 bits per heavy atom. The minimum absolute atomic E-state index is 0.264. The molecule has 0 aliphatic carbocycles. The van der Waals surface area contributed by atoms with Crippen LogP contribution in [-0.4, -0.2) is 9.55 Å². The van der Waals surface area contributed by atoms with Crippen molar-refractivity contribution in [3.8, 4) is 0 Å². The maximum Gasteiger partial charge on any atom is 0.131 e. The lowest BCUT2D eigenvalue weighted by Crippen LogP contribution is -2.31. The van der Waals surface area contributed by atoms with Crippen molar-refractivity contribution in [2.45, 2.75) is 26.4 Å². The Labute approximate surface area is 106 Å². The highest BCUT2D eigenvalue weighted by molar-refractivity contribution is 5.30. The summed E-state index contributed by atoms with van der Waals surface area (Å²) in [6, 6.07) is 4.56. The van der Waals surface area contributed by atoms with Crippen LogP contribution in [0.2, 0.25) is 0 Å².